The molecule has 0 amide bonds. The van der Waals surface area contributed by atoms with Gasteiger partial charge in [-0.2, -0.15) is 0 Å². The monoisotopic (exact) mass is 782 g/mol. The van der Waals surface area contributed by atoms with Crippen LogP contribution in [0.15, 0.2) is 103 Å². The first-order valence-corrected chi connectivity index (χ1v) is 15.6. The quantitative estimate of drug-likeness (QED) is 0.177. The Balaban J connectivity index is 0.000000362. The molecule has 1 aliphatic carbocycles. The molecule has 6 aromatic rings. The van der Waals surface area contributed by atoms with Crippen LogP contribution < -0.4 is 0 Å². The molecule has 2 aromatic heterocycles. The number of aromatic nitrogens is 2. The Morgan fingerprint density at radius 3 is 2.09 bits per heavy atom. The van der Waals surface area contributed by atoms with Crippen molar-refractivity contribution in [3.8, 4) is 33.5 Å². The summed E-state index contributed by atoms with van der Waals surface area (Å²) in [5.74, 6) is -0.990. The third-order valence-electron chi connectivity index (χ3n) is 9.15. The van der Waals surface area contributed by atoms with Crippen molar-refractivity contribution in [2.75, 3.05) is 0 Å². The van der Waals surface area contributed by atoms with E-state index >= 15 is 0 Å². The van der Waals surface area contributed by atoms with Crippen molar-refractivity contribution in [2.24, 2.45) is 0 Å². The Morgan fingerprint density at radius 1 is 0.761 bits per heavy atom. The number of carboxylic acids is 1. The van der Waals surface area contributed by atoms with Gasteiger partial charge in [-0.05, 0) is 88.7 Å². The third kappa shape index (κ3) is 5.93. The number of hydrogen-bond donors (Lipinski definition) is 1. The van der Waals surface area contributed by atoms with Crippen LogP contribution in [0.4, 0.5) is 0 Å². The molecule has 1 N–H and O–H groups in total. The molecule has 0 fully saturated rings. The molecular weight excluding hydrogens is 745 g/mol. The number of aryl methyl sites for hydroxylation is 3. The number of pyridine rings is 2. The number of aromatic carboxylic acids is 1. The molecule has 0 spiro atoms. The van der Waals surface area contributed by atoms with E-state index in [-0.39, 0.29) is 31.2 Å². The van der Waals surface area contributed by atoms with Gasteiger partial charge in [-0.3, -0.25) is 4.98 Å². The zero-order chi connectivity index (χ0) is 31.7. The first-order valence-electron chi connectivity index (χ1n) is 15.6. The summed E-state index contributed by atoms with van der Waals surface area (Å²) in [5, 5.41) is 9.54. The molecule has 1 aliphatic rings. The van der Waals surface area contributed by atoms with Gasteiger partial charge in [0.25, 0.3) is 0 Å². The minimum atomic E-state index is -0.990. The molecule has 2 heterocycles. The van der Waals surface area contributed by atoms with Crippen LogP contribution in [0.1, 0.15) is 65.0 Å². The first kappa shape index (κ1) is 32.9. The van der Waals surface area contributed by atoms with Crippen LogP contribution in [0.2, 0.25) is 0 Å². The molecule has 4 nitrogen and oxygen atoms in total. The number of carboxylic acid groups (broad SMARTS) is 1. The number of nitrogens with zero attached hydrogens (tertiary/aromatic N) is 2. The average molecular weight is 782 g/mol. The van der Waals surface area contributed by atoms with Crippen molar-refractivity contribution < 1.29 is 30.0 Å². The molecule has 0 saturated carbocycles. The van der Waals surface area contributed by atoms with Gasteiger partial charge in [-0.25, -0.2) is 9.78 Å². The Morgan fingerprint density at radius 2 is 1.46 bits per heavy atom. The molecule has 4 aromatic carbocycles. The second-order valence-electron chi connectivity index (χ2n) is 11.9. The number of rotatable bonds is 5. The van der Waals surface area contributed by atoms with Gasteiger partial charge in [-0.15, -0.1) is 34.9 Å². The average Bonchev–Trinajstić information content (AvgIpc) is 3.32. The first-order chi connectivity index (χ1) is 21.8. The van der Waals surface area contributed by atoms with Crippen molar-refractivity contribution >= 4 is 16.9 Å². The van der Waals surface area contributed by atoms with Crippen molar-refractivity contribution in [1.29, 1.82) is 0 Å². The second kappa shape index (κ2) is 13.5. The maximum atomic E-state index is 10.1. The fraction of sp³-hybridized carbons (Fsp3) is 0.195. The van der Waals surface area contributed by atoms with Crippen LogP contribution in [0, 0.1) is 26.8 Å². The van der Waals surface area contributed by atoms with Crippen LogP contribution in [-0.4, -0.2) is 21.0 Å². The van der Waals surface area contributed by atoms with Crippen LogP contribution in [-0.2, 0) is 25.5 Å². The molecule has 7 rings (SSSR count). The van der Waals surface area contributed by atoms with Gasteiger partial charge in [0, 0.05) is 37.1 Å². The standard InChI is InChI=1S/C35H32N.C6H5NO2.Ir/c1-6-35(7-2)31-15-11-10-14-27(31)29-19-30-28(26-13-9-8-12-24(26)5)20-33(36-34(30)21-32(29)35)25-17-22(3)16-23(4)18-25;8-6(9)5-3-1-2-4-7-5;/h8-17,19-21H,6-7H2,1-5H3;1-4H,(H,8,9);/q-1;;. The van der Waals surface area contributed by atoms with Crippen LogP contribution in [0.25, 0.3) is 44.4 Å². The van der Waals surface area contributed by atoms with Crippen molar-refractivity contribution in [1.82, 2.24) is 9.97 Å². The molecule has 0 unspecified atom stereocenters. The normalized spacial score (nSPS) is 12.4. The fourth-order valence-electron chi connectivity index (χ4n) is 6.94. The fourth-order valence-corrected chi connectivity index (χ4v) is 6.94. The maximum Gasteiger partial charge on any atom is 0.354 e. The van der Waals surface area contributed by atoms with E-state index in [0.717, 1.165) is 35.2 Å². The Kier molecular flexibility index (Phi) is 9.67. The zero-order valence-electron chi connectivity index (χ0n) is 26.8. The molecule has 0 saturated heterocycles. The number of benzene rings is 4. The van der Waals surface area contributed by atoms with E-state index in [1.165, 1.54) is 62.2 Å². The van der Waals surface area contributed by atoms with E-state index in [9.17, 15) is 4.79 Å². The predicted molar refractivity (Wildman–Crippen MR) is 184 cm³/mol. The van der Waals surface area contributed by atoms with Crippen LogP contribution in [0.3, 0.4) is 0 Å². The summed E-state index contributed by atoms with van der Waals surface area (Å²) in [6, 6.07) is 37.5. The summed E-state index contributed by atoms with van der Waals surface area (Å²) < 4.78 is 0. The maximum absolute atomic E-state index is 10.1. The molecule has 5 heteroatoms. The molecule has 0 aliphatic heterocycles. The van der Waals surface area contributed by atoms with E-state index in [4.69, 9.17) is 10.1 Å². The SMILES string of the molecule is CCC1(CC)c2ccccc2-c2cc3c(-c4ccccc4C)cc(-c4[c-]c(C)cc(C)c4)nc3cc21.O=C(O)c1ccccn1.[Ir]. The summed E-state index contributed by atoms with van der Waals surface area (Å²) in [6.45, 7) is 11.1. The molecular formula is C41H37IrN2O2-. The Labute approximate surface area is 284 Å². The topological polar surface area (TPSA) is 63.1 Å². The van der Waals surface area contributed by atoms with E-state index in [0.29, 0.717) is 0 Å². The van der Waals surface area contributed by atoms with Gasteiger partial charge in [-0.1, -0.05) is 88.4 Å². The van der Waals surface area contributed by atoms with Crippen molar-refractivity contribution in [3.63, 3.8) is 0 Å². The summed E-state index contributed by atoms with van der Waals surface area (Å²) in [6.07, 6.45) is 3.60. The van der Waals surface area contributed by atoms with Gasteiger partial charge < -0.3 is 5.11 Å². The minimum absolute atomic E-state index is 0. The van der Waals surface area contributed by atoms with E-state index in [1.807, 2.05) is 0 Å². The molecule has 233 valence electrons. The van der Waals surface area contributed by atoms with Gasteiger partial charge in [0.15, 0.2) is 0 Å². The summed E-state index contributed by atoms with van der Waals surface area (Å²) in [4.78, 5) is 19.0. The van der Waals surface area contributed by atoms with Gasteiger partial charge in [0.2, 0.25) is 0 Å². The molecule has 0 atom stereocenters. The minimum Gasteiger partial charge on any atom is -0.477 e. The summed E-state index contributed by atoms with van der Waals surface area (Å²) in [7, 11) is 0. The smallest absolute Gasteiger partial charge is 0.354 e. The third-order valence-corrected chi connectivity index (χ3v) is 9.15. The van der Waals surface area contributed by atoms with Crippen LogP contribution in [0.5, 0.6) is 0 Å². The van der Waals surface area contributed by atoms with Gasteiger partial charge in [0.05, 0.1) is 5.52 Å². The number of hydrogen-bond acceptors (Lipinski definition) is 3. The largest absolute Gasteiger partial charge is 0.477 e. The Bertz CT molecular complexity index is 2030. The molecule has 1 radical (unpaired) electrons. The summed E-state index contributed by atoms with van der Waals surface area (Å²) >= 11 is 0. The number of fused-ring (bicyclic) bond motifs is 4. The van der Waals surface area contributed by atoms with Crippen molar-refractivity contribution in [2.45, 2.75) is 52.9 Å². The van der Waals surface area contributed by atoms with Crippen molar-refractivity contribution in [3.05, 3.63) is 143 Å². The summed E-state index contributed by atoms with van der Waals surface area (Å²) in [5.41, 5.74) is 15.0. The predicted octanol–water partition coefficient (Wildman–Crippen LogP) is 10.2. The van der Waals surface area contributed by atoms with Crippen LogP contribution >= 0.6 is 0 Å². The molecule has 0 bridgehead atoms. The van der Waals surface area contributed by atoms with E-state index in [2.05, 4.69) is 125 Å². The Hall–Kier alpha value is -4.44. The van der Waals surface area contributed by atoms with Gasteiger partial charge >= 0.3 is 5.97 Å². The van der Waals surface area contributed by atoms with E-state index < -0.39 is 5.97 Å². The number of carbonyl (C=O) groups is 1. The van der Waals surface area contributed by atoms with E-state index in [1.54, 1.807) is 12.1 Å². The molecule has 46 heavy (non-hydrogen) atoms. The van der Waals surface area contributed by atoms with Gasteiger partial charge in [0.1, 0.15) is 5.69 Å². The zero-order valence-corrected chi connectivity index (χ0v) is 29.2. The second-order valence-corrected chi connectivity index (χ2v) is 11.9.